The Labute approximate surface area is 168 Å². The molecule has 3 aromatic carbocycles. The minimum atomic E-state index is -0.287. The van der Waals surface area contributed by atoms with E-state index in [1.165, 1.54) is 6.07 Å². The van der Waals surface area contributed by atoms with Gasteiger partial charge < -0.3 is 15.4 Å². The Morgan fingerprint density at radius 1 is 0.964 bits per heavy atom. The zero-order valence-electron chi connectivity index (χ0n) is 15.1. The molecule has 0 aliphatic carbocycles. The van der Waals surface area contributed by atoms with Gasteiger partial charge >= 0.3 is 0 Å². The first-order chi connectivity index (χ1) is 13.6. The minimum Gasteiger partial charge on any atom is -0.489 e. The molecule has 0 unspecified atom stereocenters. The second-order valence-corrected chi connectivity index (χ2v) is 6.62. The molecule has 0 fully saturated rings. The summed E-state index contributed by atoms with van der Waals surface area (Å²) >= 11 is 5.86. The molecule has 0 radical (unpaired) electrons. The molecule has 3 rings (SSSR count). The normalized spacial score (nSPS) is 10.5. The standard InChI is InChI=1S/C22H20ClFN2O2/c23-18-7-5-16(6-8-18)15-28-20-11-9-19(10-12-20)26-22(27)14-25-13-17-3-1-2-4-21(17)24/h1-12,25H,13-15H2,(H,26,27). The van der Waals surface area contributed by atoms with Crippen molar-refractivity contribution < 1.29 is 13.9 Å². The second kappa shape index (κ2) is 9.88. The fourth-order valence-corrected chi connectivity index (χ4v) is 2.67. The van der Waals surface area contributed by atoms with Gasteiger partial charge in [-0.1, -0.05) is 41.9 Å². The summed E-state index contributed by atoms with van der Waals surface area (Å²) in [4.78, 5) is 12.0. The Balaban J connectivity index is 1.42. The van der Waals surface area contributed by atoms with E-state index < -0.39 is 0 Å². The molecule has 0 bridgehead atoms. The molecular formula is C22H20ClFN2O2. The first-order valence-corrected chi connectivity index (χ1v) is 9.19. The van der Waals surface area contributed by atoms with Crippen molar-refractivity contribution >= 4 is 23.2 Å². The quantitative estimate of drug-likeness (QED) is 0.573. The van der Waals surface area contributed by atoms with Crippen LogP contribution in [0.3, 0.4) is 0 Å². The summed E-state index contributed by atoms with van der Waals surface area (Å²) < 4.78 is 19.2. The molecule has 0 aliphatic rings. The largest absolute Gasteiger partial charge is 0.489 e. The van der Waals surface area contributed by atoms with Gasteiger partial charge in [-0.05, 0) is 48.0 Å². The van der Waals surface area contributed by atoms with Crippen molar-refractivity contribution in [3.63, 3.8) is 0 Å². The zero-order valence-corrected chi connectivity index (χ0v) is 15.9. The van der Waals surface area contributed by atoms with Gasteiger partial charge in [0.25, 0.3) is 0 Å². The summed E-state index contributed by atoms with van der Waals surface area (Å²) in [5.41, 5.74) is 2.21. The highest BCUT2D eigenvalue weighted by Crippen LogP contribution is 2.18. The maximum absolute atomic E-state index is 13.5. The van der Waals surface area contributed by atoms with Gasteiger partial charge in [0, 0.05) is 22.8 Å². The van der Waals surface area contributed by atoms with Gasteiger partial charge in [-0.15, -0.1) is 0 Å². The van der Waals surface area contributed by atoms with E-state index in [1.54, 1.807) is 42.5 Å². The van der Waals surface area contributed by atoms with Crippen LogP contribution in [0, 0.1) is 5.82 Å². The fraction of sp³-hybridized carbons (Fsp3) is 0.136. The van der Waals surface area contributed by atoms with Crippen LogP contribution in [0.15, 0.2) is 72.8 Å². The first-order valence-electron chi connectivity index (χ1n) is 8.81. The molecule has 0 spiro atoms. The van der Waals surface area contributed by atoms with E-state index in [2.05, 4.69) is 10.6 Å². The van der Waals surface area contributed by atoms with Crippen LogP contribution in [0.1, 0.15) is 11.1 Å². The van der Waals surface area contributed by atoms with Gasteiger partial charge in [0.1, 0.15) is 18.2 Å². The molecule has 6 heteroatoms. The van der Waals surface area contributed by atoms with Crippen LogP contribution in [0.25, 0.3) is 0 Å². The average Bonchev–Trinajstić information content (AvgIpc) is 2.70. The molecule has 0 saturated heterocycles. The third-order valence-corrected chi connectivity index (χ3v) is 4.27. The van der Waals surface area contributed by atoms with Gasteiger partial charge in [0.15, 0.2) is 0 Å². The van der Waals surface area contributed by atoms with Crippen molar-refractivity contribution in [2.75, 3.05) is 11.9 Å². The van der Waals surface area contributed by atoms with Crippen molar-refractivity contribution in [1.29, 1.82) is 0 Å². The summed E-state index contributed by atoms with van der Waals surface area (Å²) in [5, 5.41) is 6.40. The van der Waals surface area contributed by atoms with E-state index in [9.17, 15) is 9.18 Å². The first kappa shape index (κ1) is 19.9. The molecule has 0 aliphatic heterocycles. The van der Waals surface area contributed by atoms with Crippen LogP contribution < -0.4 is 15.4 Å². The summed E-state index contributed by atoms with van der Waals surface area (Å²) in [6, 6.07) is 21.0. The molecule has 0 atom stereocenters. The topological polar surface area (TPSA) is 50.4 Å². The van der Waals surface area contributed by atoms with Crippen molar-refractivity contribution in [2.45, 2.75) is 13.2 Å². The van der Waals surface area contributed by atoms with E-state index >= 15 is 0 Å². The Hall–Kier alpha value is -2.89. The van der Waals surface area contributed by atoms with E-state index in [1.807, 2.05) is 24.3 Å². The molecule has 0 saturated carbocycles. The molecule has 0 aromatic heterocycles. The SMILES string of the molecule is O=C(CNCc1ccccc1F)Nc1ccc(OCc2ccc(Cl)cc2)cc1. The Morgan fingerprint density at radius 3 is 2.39 bits per heavy atom. The van der Waals surface area contributed by atoms with Crippen molar-refractivity contribution in [3.8, 4) is 5.75 Å². The summed E-state index contributed by atoms with van der Waals surface area (Å²) in [6.07, 6.45) is 0. The lowest BCUT2D eigenvalue weighted by molar-refractivity contribution is -0.115. The molecule has 0 heterocycles. The van der Waals surface area contributed by atoms with Crippen LogP contribution in [0.4, 0.5) is 10.1 Å². The van der Waals surface area contributed by atoms with E-state index in [4.69, 9.17) is 16.3 Å². The fourth-order valence-electron chi connectivity index (χ4n) is 2.54. The lowest BCUT2D eigenvalue weighted by atomic mass is 10.2. The molecule has 2 N–H and O–H groups in total. The van der Waals surface area contributed by atoms with Crippen LogP contribution in [-0.4, -0.2) is 12.5 Å². The maximum atomic E-state index is 13.5. The van der Waals surface area contributed by atoms with Crippen molar-refractivity contribution in [2.24, 2.45) is 0 Å². The van der Waals surface area contributed by atoms with Gasteiger partial charge in [-0.3, -0.25) is 4.79 Å². The summed E-state index contributed by atoms with van der Waals surface area (Å²) in [5.74, 6) is 0.210. The van der Waals surface area contributed by atoms with Crippen LogP contribution in [0.2, 0.25) is 5.02 Å². The Kier molecular flexibility index (Phi) is 7.00. The number of carbonyl (C=O) groups excluding carboxylic acids is 1. The van der Waals surface area contributed by atoms with Crippen LogP contribution in [0.5, 0.6) is 5.75 Å². The number of anilines is 1. The third-order valence-electron chi connectivity index (χ3n) is 4.02. The van der Waals surface area contributed by atoms with Crippen LogP contribution >= 0.6 is 11.6 Å². The highest BCUT2D eigenvalue weighted by atomic mass is 35.5. The van der Waals surface area contributed by atoms with Gasteiger partial charge in [-0.25, -0.2) is 4.39 Å². The summed E-state index contributed by atoms with van der Waals surface area (Å²) in [6.45, 7) is 0.809. The van der Waals surface area contributed by atoms with Gasteiger partial charge in [0.05, 0.1) is 6.54 Å². The number of amides is 1. The highest BCUT2D eigenvalue weighted by Gasteiger charge is 2.05. The molecular weight excluding hydrogens is 379 g/mol. The molecule has 28 heavy (non-hydrogen) atoms. The number of ether oxygens (including phenoxy) is 1. The number of hydrogen-bond donors (Lipinski definition) is 2. The number of rotatable bonds is 8. The number of halogens is 2. The van der Waals surface area contributed by atoms with Gasteiger partial charge in [0.2, 0.25) is 5.91 Å². The lowest BCUT2D eigenvalue weighted by Crippen LogP contribution is -2.27. The zero-order chi connectivity index (χ0) is 19.8. The molecule has 3 aromatic rings. The molecule has 1 amide bonds. The van der Waals surface area contributed by atoms with Crippen LogP contribution in [-0.2, 0) is 17.9 Å². The smallest absolute Gasteiger partial charge is 0.238 e. The predicted molar refractivity (Wildman–Crippen MR) is 109 cm³/mol. The van der Waals surface area contributed by atoms with Crippen molar-refractivity contribution in [3.05, 3.63) is 94.8 Å². The lowest BCUT2D eigenvalue weighted by Gasteiger charge is -2.09. The maximum Gasteiger partial charge on any atom is 0.238 e. The van der Waals surface area contributed by atoms with E-state index in [0.717, 1.165) is 5.56 Å². The number of nitrogens with one attached hydrogen (secondary N) is 2. The minimum absolute atomic E-state index is 0.0865. The highest BCUT2D eigenvalue weighted by molar-refractivity contribution is 6.30. The van der Waals surface area contributed by atoms with E-state index in [0.29, 0.717) is 28.6 Å². The average molecular weight is 399 g/mol. The second-order valence-electron chi connectivity index (χ2n) is 6.18. The molecule has 4 nitrogen and oxygen atoms in total. The monoisotopic (exact) mass is 398 g/mol. The third kappa shape index (κ3) is 6.08. The number of hydrogen-bond acceptors (Lipinski definition) is 3. The Morgan fingerprint density at radius 2 is 1.68 bits per heavy atom. The van der Waals surface area contributed by atoms with Crippen molar-refractivity contribution in [1.82, 2.24) is 5.32 Å². The molecule has 144 valence electrons. The summed E-state index contributed by atoms with van der Waals surface area (Å²) in [7, 11) is 0. The Bertz CT molecular complexity index is 915. The van der Waals surface area contributed by atoms with Gasteiger partial charge in [-0.2, -0.15) is 0 Å². The predicted octanol–water partition coefficient (Wildman–Crippen LogP) is 4.79. The number of benzene rings is 3. The van der Waals surface area contributed by atoms with E-state index in [-0.39, 0.29) is 24.8 Å². The number of carbonyl (C=O) groups is 1.